The van der Waals surface area contributed by atoms with Crippen LogP contribution in [-0.4, -0.2) is 23.5 Å². The Hall–Kier alpha value is -1.17. The Bertz CT molecular complexity index is 607. The van der Waals surface area contributed by atoms with Crippen LogP contribution in [0.3, 0.4) is 0 Å². The van der Waals surface area contributed by atoms with Crippen LogP contribution in [0.15, 0.2) is 18.2 Å². The van der Waals surface area contributed by atoms with E-state index in [1.54, 1.807) is 11.3 Å². The first-order chi connectivity index (χ1) is 9.22. The summed E-state index contributed by atoms with van der Waals surface area (Å²) in [5.74, 6) is 0.0646. The van der Waals surface area contributed by atoms with Gasteiger partial charge in [0.2, 0.25) is 5.91 Å². The lowest BCUT2D eigenvalue weighted by atomic mass is 10.2. The van der Waals surface area contributed by atoms with Gasteiger partial charge in [-0.25, -0.2) is 4.98 Å². The highest BCUT2D eigenvalue weighted by molar-refractivity contribution is 7.18. The monoisotopic (exact) mass is 295 g/mol. The van der Waals surface area contributed by atoms with Gasteiger partial charge in [0.1, 0.15) is 5.01 Å². The summed E-state index contributed by atoms with van der Waals surface area (Å²) in [5, 5.41) is 7.70. The smallest absolute Gasteiger partial charge is 0.237 e. The summed E-state index contributed by atoms with van der Waals surface area (Å²) in [7, 11) is 0. The first-order valence-electron chi connectivity index (χ1n) is 6.28. The maximum atomic E-state index is 11.9. The quantitative estimate of drug-likeness (QED) is 0.914. The number of hydrogen-bond acceptors (Lipinski definition) is 4. The molecule has 1 unspecified atom stereocenters. The number of hydrogen-bond donors (Lipinski definition) is 2. The fraction of sp³-hybridized carbons (Fsp3) is 0.385. The Morgan fingerprint density at radius 3 is 3.26 bits per heavy atom. The van der Waals surface area contributed by atoms with Crippen LogP contribution in [0.1, 0.15) is 17.8 Å². The molecule has 0 bridgehead atoms. The van der Waals surface area contributed by atoms with Crippen LogP contribution in [0.2, 0.25) is 5.02 Å². The summed E-state index contributed by atoms with van der Waals surface area (Å²) in [5.41, 5.74) is 0.890. The van der Waals surface area contributed by atoms with Gasteiger partial charge in [-0.3, -0.25) is 4.79 Å². The normalized spacial score (nSPS) is 18.9. The fourth-order valence-corrected chi connectivity index (χ4v) is 3.27. The highest BCUT2D eigenvalue weighted by Gasteiger charge is 2.21. The highest BCUT2D eigenvalue weighted by atomic mass is 35.5. The average molecular weight is 296 g/mol. The summed E-state index contributed by atoms with van der Waals surface area (Å²) < 4.78 is 1.09. The molecule has 0 spiro atoms. The standard InChI is InChI=1S/C13H14ClN3OS/c14-8-3-4-11-10(6-8)17-12(19-11)7-16-13(18)9-2-1-5-15-9/h3-4,6,9,15H,1-2,5,7H2,(H,16,18). The summed E-state index contributed by atoms with van der Waals surface area (Å²) in [6.45, 7) is 1.41. The molecule has 1 aromatic carbocycles. The van der Waals surface area contributed by atoms with E-state index in [4.69, 9.17) is 11.6 Å². The zero-order chi connectivity index (χ0) is 13.2. The molecular formula is C13H14ClN3OS. The zero-order valence-corrected chi connectivity index (χ0v) is 11.9. The van der Waals surface area contributed by atoms with Crippen LogP contribution < -0.4 is 10.6 Å². The first kappa shape index (κ1) is 12.8. The molecule has 1 aliphatic rings. The zero-order valence-electron chi connectivity index (χ0n) is 10.3. The molecule has 1 atom stereocenters. The van der Waals surface area contributed by atoms with Gasteiger partial charge in [0.15, 0.2) is 0 Å². The Kier molecular flexibility index (Phi) is 3.68. The number of benzene rings is 1. The van der Waals surface area contributed by atoms with E-state index in [1.165, 1.54) is 0 Å². The lowest BCUT2D eigenvalue weighted by Gasteiger charge is -2.09. The third-order valence-electron chi connectivity index (χ3n) is 3.18. The molecule has 1 aromatic heterocycles. The Morgan fingerprint density at radius 1 is 1.58 bits per heavy atom. The molecule has 0 aliphatic carbocycles. The van der Waals surface area contributed by atoms with E-state index in [0.29, 0.717) is 11.6 Å². The Labute approximate surface area is 120 Å². The van der Waals surface area contributed by atoms with Crippen molar-refractivity contribution < 1.29 is 4.79 Å². The molecule has 100 valence electrons. The van der Waals surface area contributed by atoms with Crippen LogP contribution in [0.4, 0.5) is 0 Å². The second-order valence-electron chi connectivity index (χ2n) is 4.59. The fourth-order valence-electron chi connectivity index (χ4n) is 2.22. The minimum atomic E-state index is -0.0381. The molecule has 2 aromatic rings. The topological polar surface area (TPSA) is 54.0 Å². The van der Waals surface area contributed by atoms with Crippen molar-refractivity contribution in [3.63, 3.8) is 0 Å². The molecule has 6 heteroatoms. The lowest BCUT2D eigenvalue weighted by Crippen LogP contribution is -2.39. The van der Waals surface area contributed by atoms with E-state index >= 15 is 0 Å². The van der Waals surface area contributed by atoms with Crippen LogP contribution >= 0.6 is 22.9 Å². The second kappa shape index (κ2) is 5.45. The maximum absolute atomic E-state index is 11.9. The van der Waals surface area contributed by atoms with Crippen LogP contribution in [-0.2, 0) is 11.3 Å². The van der Waals surface area contributed by atoms with Crippen molar-refractivity contribution in [2.24, 2.45) is 0 Å². The number of nitrogens with zero attached hydrogens (tertiary/aromatic N) is 1. The van der Waals surface area contributed by atoms with Gasteiger partial charge in [0.05, 0.1) is 22.8 Å². The van der Waals surface area contributed by atoms with Gasteiger partial charge in [-0.2, -0.15) is 0 Å². The van der Waals surface area contributed by atoms with Gasteiger partial charge in [-0.05, 0) is 37.6 Å². The SMILES string of the molecule is O=C(NCc1nc2cc(Cl)ccc2s1)C1CCCN1. The number of halogens is 1. The first-order valence-corrected chi connectivity index (χ1v) is 7.48. The van der Waals surface area contributed by atoms with Crippen molar-refractivity contribution in [2.75, 3.05) is 6.54 Å². The molecule has 0 radical (unpaired) electrons. The minimum absolute atomic E-state index is 0.0381. The third-order valence-corrected chi connectivity index (χ3v) is 4.46. The predicted molar refractivity (Wildman–Crippen MR) is 77.5 cm³/mol. The lowest BCUT2D eigenvalue weighted by molar-refractivity contribution is -0.122. The number of amides is 1. The van der Waals surface area contributed by atoms with E-state index in [-0.39, 0.29) is 11.9 Å². The molecule has 19 heavy (non-hydrogen) atoms. The molecule has 1 amide bonds. The summed E-state index contributed by atoms with van der Waals surface area (Å²) in [6.07, 6.45) is 1.99. The molecule has 4 nitrogen and oxygen atoms in total. The van der Waals surface area contributed by atoms with Crippen molar-refractivity contribution in [3.8, 4) is 0 Å². The van der Waals surface area contributed by atoms with E-state index in [0.717, 1.165) is 34.6 Å². The number of carbonyl (C=O) groups excluding carboxylic acids is 1. The molecule has 1 aliphatic heterocycles. The van der Waals surface area contributed by atoms with Crippen molar-refractivity contribution >= 4 is 39.1 Å². The second-order valence-corrected chi connectivity index (χ2v) is 6.14. The molecule has 0 saturated carbocycles. The summed E-state index contributed by atoms with van der Waals surface area (Å²) in [6, 6.07) is 5.62. The number of fused-ring (bicyclic) bond motifs is 1. The van der Waals surface area contributed by atoms with Crippen LogP contribution in [0.5, 0.6) is 0 Å². The van der Waals surface area contributed by atoms with E-state index < -0.39 is 0 Å². The summed E-state index contributed by atoms with van der Waals surface area (Å²) in [4.78, 5) is 16.3. The van der Waals surface area contributed by atoms with Gasteiger partial charge >= 0.3 is 0 Å². The van der Waals surface area contributed by atoms with Gasteiger partial charge in [-0.15, -0.1) is 11.3 Å². The van der Waals surface area contributed by atoms with Crippen LogP contribution in [0.25, 0.3) is 10.2 Å². The number of thiazole rings is 1. The molecule has 1 saturated heterocycles. The van der Waals surface area contributed by atoms with Crippen LogP contribution in [0, 0.1) is 0 Å². The van der Waals surface area contributed by atoms with E-state index in [2.05, 4.69) is 15.6 Å². The third kappa shape index (κ3) is 2.88. The summed E-state index contributed by atoms with van der Waals surface area (Å²) >= 11 is 7.51. The average Bonchev–Trinajstić information content (AvgIpc) is 3.04. The number of carbonyl (C=O) groups is 1. The van der Waals surface area contributed by atoms with Crippen molar-refractivity contribution in [2.45, 2.75) is 25.4 Å². The van der Waals surface area contributed by atoms with Gasteiger partial charge < -0.3 is 10.6 Å². The minimum Gasteiger partial charge on any atom is -0.348 e. The van der Waals surface area contributed by atoms with E-state index in [1.807, 2.05) is 18.2 Å². The largest absolute Gasteiger partial charge is 0.348 e. The predicted octanol–water partition coefficient (Wildman–Crippen LogP) is 2.32. The van der Waals surface area contributed by atoms with Gasteiger partial charge in [-0.1, -0.05) is 11.6 Å². The van der Waals surface area contributed by atoms with Gasteiger partial charge in [0.25, 0.3) is 0 Å². The molecular weight excluding hydrogens is 282 g/mol. The molecule has 2 heterocycles. The van der Waals surface area contributed by atoms with E-state index in [9.17, 15) is 4.79 Å². The molecule has 1 fully saturated rings. The van der Waals surface area contributed by atoms with Crippen molar-refractivity contribution in [3.05, 3.63) is 28.2 Å². The number of nitrogens with one attached hydrogen (secondary N) is 2. The number of aromatic nitrogens is 1. The number of rotatable bonds is 3. The Morgan fingerprint density at radius 2 is 2.47 bits per heavy atom. The molecule has 2 N–H and O–H groups in total. The highest BCUT2D eigenvalue weighted by Crippen LogP contribution is 2.24. The maximum Gasteiger partial charge on any atom is 0.237 e. The Balaban J connectivity index is 1.66. The molecule has 3 rings (SSSR count). The van der Waals surface area contributed by atoms with Crippen molar-refractivity contribution in [1.29, 1.82) is 0 Å². The van der Waals surface area contributed by atoms with Gasteiger partial charge in [0, 0.05) is 5.02 Å². The van der Waals surface area contributed by atoms with Crippen molar-refractivity contribution in [1.82, 2.24) is 15.6 Å².